The van der Waals surface area contributed by atoms with Gasteiger partial charge < -0.3 is 15.7 Å². The molecule has 10 heteroatoms. The first-order valence-electron chi connectivity index (χ1n) is 8.91. The van der Waals surface area contributed by atoms with E-state index in [9.17, 15) is 13.2 Å². The maximum Gasteiger partial charge on any atom is 0.335 e. The summed E-state index contributed by atoms with van der Waals surface area (Å²) >= 11 is 6.20. The molecular weight excluding hydrogens is 428 g/mol. The Balaban J connectivity index is 1.89. The lowest BCUT2D eigenvalue weighted by atomic mass is 10.2. The Bertz CT molecular complexity index is 1180. The number of carboxylic acids is 1. The molecule has 0 aliphatic heterocycles. The van der Waals surface area contributed by atoms with Crippen LogP contribution in [0, 0.1) is 0 Å². The molecule has 2 aromatic carbocycles. The third-order valence-corrected chi connectivity index (χ3v) is 6.69. The lowest BCUT2D eigenvalue weighted by Crippen LogP contribution is -2.15. The highest BCUT2D eigenvalue weighted by Crippen LogP contribution is 2.30. The molecular formula is C20H19ClN4O4S. The van der Waals surface area contributed by atoms with Crippen molar-refractivity contribution in [2.45, 2.75) is 24.0 Å². The second kappa shape index (κ2) is 8.68. The summed E-state index contributed by atoms with van der Waals surface area (Å²) in [6.45, 7) is 3.23. The molecule has 0 aliphatic carbocycles. The summed E-state index contributed by atoms with van der Waals surface area (Å²) in [4.78, 5) is 19.5. The van der Waals surface area contributed by atoms with Crippen molar-refractivity contribution < 1.29 is 18.3 Å². The van der Waals surface area contributed by atoms with Gasteiger partial charge in [0.15, 0.2) is 15.7 Å². The molecule has 0 saturated heterocycles. The number of hydrogen-bond donors (Lipinski definition) is 3. The predicted molar refractivity (Wildman–Crippen MR) is 116 cm³/mol. The number of carbonyl (C=O) groups is 1. The maximum absolute atomic E-state index is 12.7. The fraction of sp³-hybridized carbons (Fsp3) is 0.150. The lowest BCUT2D eigenvalue weighted by Gasteiger charge is -2.15. The highest BCUT2D eigenvalue weighted by atomic mass is 35.5. The van der Waals surface area contributed by atoms with E-state index in [1.54, 1.807) is 44.2 Å². The van der Waals surface area contributed by atoms with Crippen LogP contribution in [0.3, 0.4) is 0 Å². The average Bonchev–Trinajstić information content (AvgIpc) is 2.71. The van der Waals surface area contributed by atoms with Gasteiger partial charge in [-0.15, -0.1) is 0 Å². The number of aromatic carboxylic acids is 1. The van der Waals surface area contributed by atoms with Gasteiger partial charge in [0.05, 0.1) is 27.6 Å². The van der Waals surface area contributed by atoms with Crippen LogP contribution in [0.5, 0.6) is 0 Å². The minimum absolute atomic E-state index is 0.147. The SMILES string of the molecule is CC(C)S(=O)(=O)c1ccccc1Nc1nc(Nc2ccc(C(=O)O)cc2)ncc1Cl. The Morgan fingerprint density at radius 1 is 1.07 bits per heavy atom. The van der Waals surface area contributed by atoms with Gasteiger partial charge in [0.1, 0.15) is 5.02 Å². The zero-order chi connectivity index (χ0) is 21.9. The van der Waals surface area contributed by atoms with Crippen molar-refractivity contribution in [1.82, 2.24) is 9.97 Å². The third-order valence-electron chi connectivity index (χ3n) is 4.20. The molecule has 0 fully saturated rings. The standard InChI is InChI=1S/C20H19ClN4O4S/c1-12(2)30(28,29)17-6-4-3-5-16(17)24-18-15(21)11-22-20(25-18)23-14-9-7-13(8-10-14)19(26)27/h3-12H,1-2H3,(H,26,27)(H2,22,23,24,25). The van der Waals surface area contributed by atoms with Gasteiger partial charge in [-0.25, -0.2) is 18.2 Å². The van der Waals surface area contributed by atoms with Gasteiger partial charge in [0.2, 0.25) is 5.95 Å². The van der Waals surface area contributed by atoms with Crippen LogP contribution in [0.2, 0.25) is 5.02 Å². The molecule has 0 saturated carbocycles. The van der Waals surface area contributed by atoms with E-state index in [1.807, 2.05) is 0 Å². The first-order valence-corrected chi connectivity index (χ1v) is 10.8. The van der Waals surface area contributed by atoms with E-state index in [-0.39, 0.29) is 27.2 Å². The number of rotatable bonds is 7. The molecule has 0 bridgehead atoms. The Kier molecular flexibility index (Phi) is 6.23. The fourth-order valence-corrected chi connectivity index (χ4v) is 3.88. The van der Waals surface area contributed by atoms with E-state index in [0.717, 1.165) is 0 Å². The first kappa shape index (κ1) is 21.5. The third kappa shape index (κ3) is 4.69. The van der Waals surface area contributed by atoms with Crippen molar-refractivity contribution in [3.05, 3.63) is 65.3 Å². The number of carboxylic acid groups (broad SMARTS) is 1. The molecule has 3 N–H and O–H groups in total. The van der Waals surface area contributed by atoms with Crippen LogP contribution < -0.4 is 10.6 Å². The summed E-state index contributed by atoms with van der Waals surface area (Å²) in [7, 11) is -3.52. The topological polar surface area (TPSA) is 121 Å². The number of nitrogens with zero attached hydrogens (tertiary/aromatic N) is 2. The summed E-state index contributed by atoms with van der Waals surface area (Å²) < 4.78 is 25.3. The molecule has 1 heterocycles. The first-order chi connectivity index (χ1) is 14.2. The monoisotopic (exact) mass is 446 g/mol. The molecule has 0 unspecified atom stereocenters. The number of aromatic nitrogens is 2. The Morgan fingerprint density at radius 3 is 2.37 bits per heavy atom. The number of sulfone groups is 1. The molecule has 0 amide bonds. The second-order valence-corrected chi connectivity index (χ2v) is 9.49. The van der Waals surface area contributed by atoms with E-state index in [2.05, 4.69) is 20.6 Å². The lowest BCUT2D eigenvalue weighted by molar-refractivity contribution is 0.0697. The Hall–Kier alpha value is -3.17. The summed E-state index contributed by atoms with van der Waals surface area (Å²) in [5, 5.41) is 14.5. The number of anilines is 4. The largest absolute Gasteiger partial charge is 0.478 e. The van der Waals surface area contributed by atoms with Crippen LogP contribution >= 0.6 is 11.6 Å². The summed E-state index contributed by atoms with van der Waals surface area (Å²) in [5.74, 6) is -0.595. The van der Waals surface area contributed by atoms with Crippen molar-refractivity contribution >= 4 is 50.5 Å². The van der Waals surface area contributed by atoms with Gasteiger partial charge in [0.25, 0.3) is 0 Å². The minimum Gasteiger partial charge on any atom is -0.478 e. The second-order valence-electron chi connectivity index (χ2n) is 6.61. The zero-order valence-corrected chi connectivity index (χ0v) is 17.7. The fourth-order valence-electron chi connectivity index (χ4n) is 2.54. The molecule has 0 aliphatic rings. The number of halogens is 1. The van der Waals surface area contributed by atoms with E-state index in [1.165, 1.54) is 24.4 Å². The normalized spacial score (nSPS) is 11.3. The Morgan fingerprint density at radius 2 is 1.73 bits per heavy atom. The molecule has 30 heavy (non-hydrogen) atoms. The molecule has 0 radical (unpaired) electrons. The van der Waals surface area contributed by atoms with Crippen LogP contribution in [0.25, 0.3) is 0 Å². The van der Waals surface area contributed by atoms with Crippen molar-refractivity contribution in [2.75, 3.05) is 10.6 Å². The van der Waals surface area contributed by atoms with Crippen molar-refractivity contribution in [3.63, 3.8) is 0 Å². The number of benzene rings is 2. The predicted octanol–water partition coefficient (Wildman–Crippen LogP) is 4.50. The van der Waals surface area contributed by atoms with Crippen molar-refractivity contribution in [2.24, 2.45) is 0 Å². The van der Waals surface area contributed by atoms with Gasteiger partial charge in [-0.1, -0.05) is 23.7 Å². The maximum atomic E-state index is 12.7. The van der Waals surface area contributed by atoms with E-state index >= 15 is 0 Å². The van der Waals surface area contributed by atoms with E-state index < -0.39 is 21.1 Å². The van der Waals surface area contributed by atoms with Gasteiger partial charge >= 0.3 is 5.97 Å². The molecule has 3 aromatic rings. The highest BCUT2D eigenvalue weighted by Gasteiger charge is 2.23. The van der Waals surface area contributed by atoms with Crippen LogP contribution in [0.15, 0.2) is 59.6 Å². The minimum atomic E-state index is -3.52. The highest BCUT2D eigenvalue weighted by molar-refractivity contribution is 7.92. The quantitative estimate of drug-likeness (QED) is 0.485. The van der Waals surface area contributed by atoms with Crippen LogP contribution in [0.4, 0.5) is 23.1 Å². The average molecular weight is 447 g/mol. The number of nitrogens with one attached hydrogen (secondary N) is 2. The summed E-state index contributed by atoms with van der Waals surface area (Å²) in [6, 6.07) is 12.6. The van der Waals surface area contributed by atoms with E-state index in [4.69, 9.17) is 16.7 Å². The van der Waals surface area contributed by atoms with Gasteiger partial charge in [-0.05, 0) is 50.2 Å². The van der Waals surface area contributed by atoms with Crippen molar-refractivity contribution in [1.29, 1.82) is 0 Å². The number of hydrogen-bond acceptors (Lipinski definition) is 7. The van der Waals surface area contributed by atoms with E-state index in [0.29, 0.717) is 11.4 Å². The van der Waals surface area contributed by atoms with Crippen LogP contribution in [-0.4, -0.2) is 34.7 Å². The molecule has 0 atom stereocenters. The molecule has 156 valence electrons. The smallest absolute Gasteiger partial charge is 0.335 e. The molecule has 0 spiro atoms. The van der Waals surface area contributed by atoms with Gasteiger partial charge in [-0.2, -0.15) is 4.98 Å². The molecule has 8 nitrogen and oxygen atoms in total. The van der Waals surface area contributed by atoms with Gasteiger partial charge in [-0.3, -0.25) is 0 Å². The summed E-state index contributed by atoms with van der Waals surface area (Å²) in [6.07, 6.45) is 1.38. The van der Waals surface area contributed by atoms with Crippen LogP contribution in [0.1, 0.15) is 24.2 Å². The van der Waals surface area contributed by atoms with Gasteiger partial charge in [0, 0.05) is 5.69 Å². The van der Waals surface area contributed by atoms with Crippen LogP contribution in [-0.2, 0) is 9.84 Å². The Labute approximate surface area is 178 Å². The zero-order valence-electron chi connectivity index (χ0n) is 16.1. The molecule has 1 aromatic heterocycles. The van der Waals surface area contributed by atoms with Crippen molar-refractivity contribution in [3.8, 4) is 0 Å². The molecule has 3 rings (SSSR count). The summed E-state index contributed by atoms with van der Waals surface area (Å²) in [5.41, 5.74) is 1.09. The number of para-hydroxylation sites is 1.